The normalized spacial score (nSPS) is 17.1. The molecule has 1 aromatic heterocycles. The van der Waals surface area contributed by atoms with Crippen LogP contribution in [0.15, 0.2) is 48.7 Å². The molecule has 140 valence electrons. The summed E-state index contributed by atoms with van der Waals surface area (Å²) in [6.07, 6.45) is 2.77. The molecule has 1 aliphatic heterocycles. The van der Waals surface area contributed by atoms with E-state index in [9.17, 15) is 9.90 Å². The molecular formula is C20H23N5O2. The molecule has 4 rings (SSSR count). The lowest BCUT2D eigenvalue weighted by Crippen LogP contribution is -2.45. The molecule has 0 radical (unpaired) electrons. The third kappa shape index (κ3) is 3.59. The molecule has 0 spiro atoms. The zero-order chi connectivity index (χ0) is 18.8. The monoisotopic (exact) mass is 365 g/mol. The molecule has 3 aromatic rings. The summed E-state index contributed by atoms with van der Waals surface area (Å²) in [5, 5.41) is 17.5. The summed E-state index contributed by atoms with van der Waals surface area (Å²) in [4.78, 5) is 13.7. The number of hydrogen-bond acceptors (Lipinski definition) is 5. The summed E-state index contributed by atoms with van der Waals surface area (Å²) < 4.78 is 1.00. The minimum Gasteiger partial charge on any atom is -0.463 e. The molecule has 7 heteroatoms. The van der Waals surface area contributed by atoms with Crippen LogP contribution in [0.5, 0.6) is 0 Å². The van der Waals surface area contributed by atoms with E-state index in [0.717, 1.165) is 59.5 Å². The molecule has 1 aliphatic rings. The predicted molar refractivity (Wildman–Crippen MR) is 106 cm³/mol. The number of piperidine rings is 1. The molecule has 1 unspecified atom stereocenters. The number of aromatic nitrogens is 2. The Hall–Kier alpha value is -3.06. The van der Waals surface area contributed by atoms with Crippen LogP contribution in [-0.4, -0.2) is 40.1 Å². The molecule has 7 nitrogen and oxygen atoms in total. The van der Waals surface area contributed by atoms with Gasteiger partial charge in [0.05, 0.1) is 11.7 Å². The number of hydrogen-bond donors (Lipinski definition) is 3. The second kappa shape index (κ2) is 7.28. The third-order valence-corrected chi connectivity index (χ3v) is 5.08. The standard InChI is InChI=1S/C20H23N5O2/c21-16-4-1-3-14(9-16)13-24(18-5-2-8-22-12-18)17-6-7-19-15(10-17)11-23-25(19)20(26)27/h1,3-4,6-7,9-11,18,22H,2,5,8,12-13,21H2,(H,26,27). The Bertz CT molecular complexity index is 962. The van der Waals surface area contributed by atoms with Gasteiger partial charge in [-0.1, -0.05) is 12.1 Å². The first kappa shape index (κ1) is 17.4. The van der Waals surface area contributed by atoms with Crippen molar-refractivity contribution in [3.63, 3.8) is 0 Å². The number of benzene rings is 2. The molecule has 0 saturated carbocycles. The molecule has 4 N–H and O–H groups in total. The van der Waals surface area contributed by atoms with Gasteiger partial charge in [0.1, 0.15) is 0 Å². The van der Waals surface area contributed by atoms with Gasteiger partial charge in [-0.3, -0.25) is 0 Å². The summed E-state index contributed by atoms with van der Waals surface area (Å²) >= 11 is 0. The van der Waals surface area contributed by atoms with Crippen LogP contribution in [0.25, 0.3) is 10.9 Å². The van der Waals surface area contributed by atoms with E-state index in [1.54, 1.807) is 6.20 Å². The van der Waals surface area contributed by atoms with Crippen molar-refractivity contribution >= 4 is 28.4 Å². The van der Waals surface area contributed by atoms with Crippen molar-refractivity contribution in [3.8, 4) is 0 Å². The van der Waals surface area contributed by atoms with Crippen molar-refractivity contribution in [2.24, 2.45) is 0 Å². The number of carbonyl (C=O) groups is 1. The van der Waals surface area contributed by atoms with E-state index >= 15 is 0 Å². The summed E-state index contributed by atoms with van der Waals surface area (Å²) in [5.74, 6) is 0. The number of nitrogens with two attached hydrogens (primary N) is 1. The summed E-state index contributed by atoms with van der Waals surface area (Å²) in [7, 11) is 0. The number of nitrogen functional groups attached to an aromatic ring is 1. The smallest absolute Gasteiger partial charge is 0.432 e. The van der Waals surface area contributed by atoms with Gasteiger partial charge >= 0.3 is 6.09 Å². The first-order chi connectivity index (χ1) is 13.1. The van der Waals surface area contributed by atoms with E-state index in [4.69, 9.17) is 5.73 Å². The SMILES string of the molecule is Nc1cccc(CN(c2ccc3c(cnn3C(=O)O)c2)C2CCCNC2)c1. The minimum atomic E-state index is -1.08. The Morgan fingerprint density at radius 2 is 2.22 bits per heavy atom. The van der Waals surface area contributed by atoms with Crippen molar-refractivity contribution < 1.29 is 9.90 Å². The fourth-order valence-corrected chi connectivity index (χ4v) is 3.77. The van der Waals surface area contributed by atoms with Gasteiger partial charge in [0, 0.05) is 35.9 Å². The Morgan fingerprint density at radius 3 is 2.96 bits per heavy atom. The quantitative estimate of drug-likeness (QED) is 0.615. The van der Waals surface area contributed by atoms with Gasteiger partial charge in [-0.2, -0.15) is 9.78 Å². The van der Waals surface area contributed by atoms with Gasteiger partial charge in [0.25, 0.3) is 0 Å². The minimum absolute atomic E-state index is 0.368. The number of nitrogens with one attached hydrogen (secondary N) is 1. The molecule has 0 bridgehead atoms. The van der Waals surface area contributed by atoms with Crippen LogP contribution in [0.3, 0.4) is 0 Å². The maximum absolute atomic E-state index is 11.3. The molecule has 1 atom stereocenters. The van der Waals surface area contributed by atoms with E-state index in [-0.39, 0.29) is 0 Å². The van der Waals surface area contributed by atoms with Gasteiger partial charge in [0.15, 0.2) is 0 Å². The topological polar surface area (TPSA) is 96.4 Å². The van der Waals surface area contributed by atoms with Crippen LogP contribution in [0, 0.1) is 0 Å². The Kier molecular flexibility index (Phi) is 4.68. The lowest BCUT2D eigenvalue weighted by Gasteiger charge is -2.36. The first-order valence-electron chi connectivity index (χ1n) is 9.15. The Labute approximate surface area is 157 Å². The number of rotatable bonds is 4. The third-order valence-electron chi connectivity index (χ3n) is 5.08. The number of anilines is 2. The molecule has 1 saturated heterocycles. The largest absolute Gasteiger partial charge is 0.463 e. The van der Waals surface area contributed by atoms with Crippen LogP contribution in [0.1, 0.15) is 18.4 Å². The van der Waals surface area contributed by atoms with Crippen LogP contribution < -0.4 is 16.0 Å². The summed E-state index contributed by atoms with van der Waals surface area (Å²) in [6.45, 7) is 2.72. The summed E-state index contributed by atoms with van der Waals surface area (Å²) in [5.41, 5.74) is 9.52. The van der Waals surface area contributed by atoms with Gasteiger partial charge in [-0.15, -0.1) is 0 Å². The van der Waals surface area contributed by atoms with Gasteiger partial charge in [0.2, 0.25) is 0 Å². The fraction of sp³-hybridized carbons (Fsp3) is 0.300. The Morgan fingerprint density at radius 1 is 1.33 bits per heavy atom. The maximum Gasteiger partial charge on any atom is 0.432 e. The van der Waals surface area contributed by atoms with Crippen molar-refractivity contribution in [2.75, 3.05) is 23.7 Å². The first-order valence-corrected chi connectivity index (χ1v) is 9.15. The van der Waals surface area contributed by atoms with Crippen LogP contribution in [-0.2, 0) is 6.54 Å². The van der Waals surface area contributed by atoms with Gasteiger partial charge < -0.3 is 21.1 Å². The van der Waals surface area contributed by atoms with Crippen molar-refractivity contribution in [1.82, 2.24) is 15.1 Å². The highest BCUT2D eigenvalue weighted by atomic mass is 16.4. The molecule has 2 heterocycles. The van der Waals surface area contributed by atoms with Crippen molar-refractivity contribution in [1.29, 1.82) is 0 Å². The second-order valence-electron chi connectivity index (χ2n) is 6.96. The number of carboxylic acid groups (broad SMARTS) is 1. The van der Waals surface area contributed by atoms with E-state index in [1.807, 2.05) is 36.4 Å². The lowest BCUT2D eigenvalue weighted by molar-refractivity contribution is 0.194. The molecule has 0 amide bonds. The molecule has 2 aromatic carbocycles. The van der Waals surface area contributed by atoms with Crippen LogP contribution >= 0.6 is 0 Å². The second-order valence-corrected chi connectivity index (χ2v) is 6.96. The van der Waals surface area contributed by atoms with Crippen LogP contribution in [0.2, 0.25) is 0 Å². The van der Waals surface area contributed by atoms with E-state index < -0.39 is 6.09 Å². The maximum atomic E-state index is 11.3. The van der Waals surface area contributed by atoms with E-state index in [2.05, 4.69) is 21.4 Å². The molecule has 1 fully saturated rings. The highest BCUT2D eigenvalue weighted by Crippen LogP contribution is 2.27. The fourth-order valence-electron chi connectivity index (χ4n) is 3.77. The van der Waals surface area contributed by atoms with E-state index in [0.29, 0.717) is 11.6 Å². The zero-order valence-corrected chi connectivity index (χ0v) is 15.0. The lowest BCUT2D eigenvalue weighted by atomic mass is 10.0. The average molecular weight is 365 g/mol. The summed E-state index contributed by atoms with van der Waals surface area (Å²) in [6, 6.07) is 14.1. The van der Waals surface area contributed by atoms with Crippen molar-refractivity contribution in [2.45, 2.75) is 25.4 Å². The van der Waals surface area contributed by atoms with Gasteiger partial charge in [-0.05, 0) is 55.3 Å². The molecular weight excluding hydrogens is 342 g/mol. The predicted octanol–water partition coefficient (Wildman–Crippen LogP) is 2.90. The van der Waals surface area contributed by atoms with Gasteiger partial charge in [-0.25, -0.2) is 4.79 Å². The molecule has 0 aliphatic carbocycles. The number of fused-ring (bicyclic) bond motifs is 1. The highest BCUT2D eigenvalue weighted by molar-refractivity contribution is 5.89. The Balaban J connectivity index is 1.70. The zero-order valence-electron chi connectivity index (χ0n) is 15.0. The average Bonchev–Trinajstić information content (AvgIpc) is 3.10. The highest BCUT2D eigenvalue weighted by Gasteiger charge is 2.22. The van der Waals surface area contributed by atoms with E-state index in [1.165, 1.54) is 0 Å². The van der Waals surface area contributed by atoms with Crippen molar-refractivity contribution in [3.05, 3.63) is 54.2 Å². The van der Waals surface area contributed by atoms with Crippen LogP contribution in [0.4, 0.5) is 16.2 Å². The number of nitrogens with zero attached hydrogens (tertiary/aromatic N) is 3. The molecule has 27 heavy (non-hydrogen) atoms.